The highest BCUT2D eigenvalue weighted by Crippen LogP contribution is 2.24. The van der Waals surface area contributed by atoms with Crippen LogP contribution in [-0.2, 0) is 4.79 Å². The molecule has 6 nitrogen and oxygen atoms in total. The minimum atomic E-state index is -0.568. The number of aromatic nitrogens is 1. The minimum absolute atomic E-state index is 0.0154. The number of amides is 1. The van der Waals surface area contributed by atoms with Crippen LogP contribution in [0.25, 0.3) is 0 Å². The van der Waals surface area contributed by atoms with Crippen LogP contribution in [0.1, 0.15) is 11.1 Å². The summed E-state index contributed by atoms with van der Waals surface area (Å²) in [6, 6.07) is 9.32. The predicted molar refractivity (Wildman–Crippen MR) is 91.5 cm³/mol. The van der Waals surface area contributed by atoms with E-state index in [9.17, 15) is 9.18 Å². The number of benzene rings is 1. The molecule has 0 radical (unpaired) electrons. The summed E-state index contributed by atoms with van der Waals surface area (Å²) in [5.41, 5.74) is 5.90. The van der Waals surface area contributed by atoms with Gasteiger partial charge >= 0.3 is 0 Å². The number of anilines is 2. The monoisotopic (exact) mass is 405 g/mol. The van der Waals surface area contributed by atoms with Gasteiger partial charge in [-0.05, 0) is 24.3 Å². The second kappa shape index (κ2) is 7.77. The van der Waals surface area contributed by atoms with Gasteiger partial charge in [0.1, 0.15) is 28.8 Å². The number of hydrogen-bond donors (Lipinski definition) is 2. The van der Waals surface area contributed by atoms with Gasteiger partial charge in [-0.2, -0.15) is 10.5 Å². The number of carbonyl (C=O) groups excluding carboxylic acids is 1. The average Bonchev–Trinajstić information content (AvgIpc) is 2.55. The Morgan fingerprint density at radius 3 is 2.67 bits per heavy atom. The smallest absolute Gasteiger partial charge is 0.234 e. The van der Waals surface area contributed by atoms with Gasteiger partial charge < -0.3 is 11.1 Å². The Balaban J connectivity index is 2.08. The summed E-state index contributed by atoms with van der Waals surface area (Å²) in [7, 11) is 0. The molecular formula is C15H9BrFN5OS. The molecule has 24 heavy (non-hydrogen) atoms. The first-order chi connectivity index (χ1) is 11.4. The summed E-state index contributed by atoms with van der Waals surface area (Å²) in [5.74, 6) is -1.14. The highest BCUT2D eigenvalue weighted by Gasteiger charge is 2.13. The van der Waals surface area contributed by atoms with Gasteiger partial charge in [0.25, 0.3) is 0 Å². The fourth-order valence-electron chi connectivity index (χ4n) is 1.70. The fraction of sp³-hybridized carbons (Fsp3) is 0.0667. The summed E-state index contributed by atoms with van der Waals surface area (Å²) in [6.07, 6.45) is 0. The van der Waals surface area contributed by atoms with Crippen LogP contribution in [-0.4, -0.2) is 16.6 Å². The third kappa shape index (κ3) is 4.22. The molecule has 1 amide bonds. The highest BCUT2D eigenvalue weighted by atomic mass is 79.9. The van der Waals surface area contributed by atoms with Crippen molar-refractivity contribution in [3.8, 4) is 12.1 Å². The Bertz CT molecular complexity index is 891. The number of hydrogen-bond acceptors (Lipinski definition) is 6. The molecule has 0 aliphatic rings. The zero-order chi connectivity index (χ0) is 17.7. The summed E-state index contributed by atoms with van der Waals surface area (Å²) >= 11 is 4.10. The van der Waals surface area contributed by atoms with Gasteiger partial charge in [-0.15, -0.1) is 0 Å². The molecule has 0 fully saturated rings. The maximum absolute atomic E-state index is 13.7. The number of carbonyl (C=O) groups is 1. The number of halogens is 2. The van der Waals surface area contributed by atoms with E-state index in [0.29, 0.717) is 4.47 Å². The number of rotatable bonds is 4. The molecule has 2 aromatic rings. The molecule has 0 aliphatic heterocycles. The van der Waals surface area contributed by atoms with Gasteiger partial charge in [-0.3, -0.25) is 4.79 Å². The van der Waals surface area contributed by atoms with Crippen molar-refractivity contribution < 1.29 is 9.18 Å². The molecule has 1 aromatic heterocycles. The first-order valence-electron chi connectivity index (χ1n) is 6.43. The lowest BCUT2D eigenvalue weighted by molar-refractivity contribution is -0.113. The number of thioether (sulfide) groups is 1. The van der Waals surface area contributed by atoms with Crippen molar-refractivity contribution in [2.24, 2.45) is 0 Å². The lowest BCUT2D eigenvalue weighted by Gasteiger charge is -2.08. The summed E-state index contributed by atoms with van der Waals surface area (Å²) < 4.78 is 14.2. The van der Waals surface area contributed by atoms with E-state index >= 15 is 0 Å². The molecule has 0 spiro atoms. The van der Waals surface area contributed by atoms with E-state index in [-0.39, 0.29) is 33.4 Å². The predicted octanol–water partition coefficient (Wildman–Crippen LogP) is 3.04. The Morgan fingerprint density at radius 1 is 1.33 bits per heavy atom. The molecule has 1 heterocycles. The van der Waals surface area contributed by atoms with Crippen LogP contribution < -0.4 is 11.1 Å². The van der Waals surface area contributed by atoms with E-state index in [0.717, 1.165) is 11.8 Å². The van der Waals surface area contributed by atoms with Gasteiger partial charge in [0, 0.05) is 4.47 Å². The van der Waals surface area contributed by atoms with Gasteiger partial charge in [-0.25, -0.2) is 9.37 Å². The second-order valence-electron chi connectivity index (χ2n) is 4.46. The maximum atomic E-state index is 13.7. The highest BCUT2D eigenvalue weighted by molar-refractivity contribution is 9.10. The van der Waals surface area contributed by atoms with Crippen molar-refractivity contribution in [2.45, 2.75) is 5.03 Å². The molecule has 120 valence electrons. The normalized spacial score (nSPS) is 9.83. The molecule has 0 unspecified atom stereocenters. The van der Waals surface area contributed by atoms with Crippen LogP contribution in [0.3, 0.4) is 0 Å². The SMILES string of the molecule is N#Cc1cc(C#N)c(SCC(=O)Nc2ccc(Br)cc2F)nc1N. The van der Waals surface area contributed by atoms with E-state index in [2.05, 4.69) is 26.2 Å². The van der Waals surface area contributed by atoms with Crippen molar-refractivity contribution in [1.82, 2.24) is 4.98 Å². The lowest BCUT2D eigenvalue weighted by atomic mass is 10.2. The van der Waals surface area contributed by atoms with Crippen LogP contribution >= 0.6 is 27.7 Å². The summed E-state index contributed by atoms with van der Waals surface area (Å²) in [4.78, 5) is 15.9. The maximum Gasteiger partial charge on any atom is 0.234 e. The Kier molecular flexibility index (Phi) is 5.74. The Labute approximate surface area is 149 Å². The summed E-state index contributed by atoms with van der Waals surface area (Å²) in [5, 5.41) is 20.6. The average molecular weight is 406 g/mol. The van der Waals surface area contributed by atoms with Gasteiger partial charge in [0.15, 0.2) is 0 Å². The van der Waals surface area contributed by atoms with E-state index < -0.39 is 11.7 Å². The van der Waals surface area contributed by atoms with E-state index in [1.807, 2.05) is 12.1 Å². The minimum Gasteiger partial charge on any atom is -0.383 e. The Morgan fingerprint density at radius 2 is 2.04 bits per heavy atom. The fourth-order valence-corrected chi connectivity index (χ4v) is 2.80. The molecule has 0 atom stereocenters. The second-order valence-corrected chi connectivity index (χ2v) is 6.34. The first-order valence-corrected chi connectivity index (χ1v) is 8.21. The molecule has 3 N–H and O–H groups in total. The number of nitriles is 2. The lowest BCUT2D eigenvalue weighted by Crippen LogP contribution is -2.15. The summed E-state index contributed by atoms with van der Waals surface area (Å²) in [6.45, 7) is 0. The quantitative estimate of drug-likeness (QED) is 0.755. The number of nitrogens with zero attached hydrogens (tertiary/aromatic N) is 3. The van der Waals surface area contributed by atoms with E-state index in [1.54, 1.807) is 6.07 Å². The van der Waals surface area contributed by atoms with Crippen molar-refractivity contribution in [2.75, 3.05) is 16.8 Å². The van der Waals surface area contributed by atoms with Crippen LogP contribution in [0.15, 0.2) is 33.8 Å². The van der Waals surface area contributed by atoms with Crippen LogP contribution in [0.2, 0.25) is 0 Å². The van der Waals surface area contributed by atoms with Crippen molar-refractivity contribution in [3.05, 3.63) is 45.7 Å². The van der Waals surface area contributed by atoms with Crippen LogP contribution in [0, 0.1) is 28.5 Å². The van der Waals surface area contributed by atoms with Crippen molar-refractivity contribution in [1.29, 1.82) is 10.5 Å². The molecule has 9 heteroatoms. The zero-order valence-electron chi connectivity index (χ0n) is 12.0. The van der Waals surface area contributed by atoms with E-state index in [1.165, 1.54) is 18.2 Å². The third-order valence-corrected chi connectivity index (χ3v) is 4.29. The van der Waals surface area contributed by atoms with Crippen LogP contribution in [0.5, 0.6) is 0 Å². The topological polar surface area (TPSA) is 116 Å². The molecule has 0 bridgehead atoms. The number of nitrogens with one attached hydrogen (secondary N) is 1. The largest absolute Gasteiger partial charge is 0.383 e. The molecular weight excluding hydrogens is 397 g/mol. The molecule has 1 aromatic carbocycles. The number of nitrogen functional groups attached to an aromatic ring is 1. The van der Waals surface area contributed by atoms with Crippen LogP contribution in [0.4, 0.5) is 15.9 Å². The van der Waals surface area contributed by atoms with Gasteiger partial charge in [0.2, 0.25) is 5.91 Å². The molecule has 0 saturated heterocycles. The van der Waals surface area contributed by atoms with Gasteiger partial charge in [-0.1, -0.05) is 27.7 Å². The zero-order valence-corrected chi connectivity index (χ0v) is 14.4. The molecule has 0 aliphatic carbocycles. The van der Waals surface area contributed by atoms with Gasteiger partial charge in [0.05, 0.1) is 22.6 Å². The standard InChI is InChI=1S/C15H9BrFN5OS/c16-10-1-2-12(11(17)4-10)21-13(23)7-24-15-9(6-19)3-8(5-18)14(20)22-15/h1-4H,7H2,(H2,20,22)(H,21,23). The first kappa shape index (κ1) is 17.7. The van der Waals surface area contributed by atoms with Crippen molar-refractivity contribution in [3.63, 3.8) is 0 Å². The molecule has 2 rings (SSSR count). The number of pyridine rings is 1. The van der Waals surface area contributed by atoms with E-state index in [4.69, 9.17) is 16.3 Å². The Hall–Kier alpha value is -2.62. The third-order valence-electron chi connectivity index (χ3n) is 2.80. The number of nitrogens with two attached hydrogens (primary N) is 1. The van der Waals surface area contributed by atoms with Crippen molar-refractivity contribution >= 4 is 45.1 Å². The molecule has 0 saturated carbocycles.